The summed E-state index contributed by atoms with van der Waals surface area (Å²) in [5, 5.41) is 6.86. The Morgan fingerprint density at radius 3 is 2.45 bits per heavy atom. The third-order valence-electron chi connectivity index (χ3n) is 6.60. The van der Waals surface area contributed by atoms with Crippen molar-refractivity contribution in [2.75, 3.05) is 5.32 Å². The average molecular weight is 573 g/mol. The first-order valence-corrected chi connectivity index (χ1v) is 13.6. The molecule has 0 aliphatic heterocycles. The maximum atomic E-state index is 15.4. The molecule has 0 spiro atoms. The molecule has 0 bridgehead atoms. The van der Waals surface area contributed by atoms with E-state index in [1.807, 2.05) is 0 Å². The Kier molecular flexibility index (Phi) is 7.37. The van der Waals surface area contributed by atoms with Gasteiger partial charge in [-0.15, -0.1) is 0 Å². The van der Waals surface area contributed by atoms with Crippen LogP contribution in [0, 0.1) is 5.82 Å². The summed E-state index contributed by atoms with van der Waals surface area (Å²) < 4.78 is 43.1. The third-order valence-corrected chi connectivity index (χ3v) is 8.00. The summed E-state index contributed by atoms with van der Waals surface area (Å²) in [5.74, 6) is -0.300. The number of halogens is 3. The third kappa shape index (κ3) is 5.37. The molecule has 2 atom stereocenters. The SMILES string of the molecule is CC(c1ccc(CC(=O)Nc2cc(F)c(C3(c4noc(-c5ccc(Cl)cc5)n4)CC3)c(Cl)c2)cc1)S(=O)[O-]. The number of nitrogens with zero attached hydrogens (tertiary/aromatic N) is 2. The van der Waals surface area contributed by atoms with E-state index in [0.717, 1.165) is 0 Å². The van der Waals surface area contributed by atoms with Gasteiger partial charge < -0.3 is 14.4 Å². The van der Waals surface area contributed by atoms with Crippen molar-refractivity contribution in [1.29, 1.82) is 0 Å². The molecule has 1 aliphatic rings. The molecule has 1 amide bonds. The molecule has 1 heterocycles. The van der Waals surface area contributed by atoms with Crippen molar-refractivity contribution in [1.82, 2.24) is 10.1 Å². The maximum Gasteiger partial charge on any atom is 0.257 e. The molecule has 1 saturated carbocycles. The van der Waals surface area contributed by atoms with E-state index in [1.165, 1.54) is 12.1 Å². The highest BCUT2D eigenvalue weighted by atomic mass is 35.5. The predicted molar refractivity (Wildman–Crippen MR) is 142 cm³/mol. The van der Waals surface area contributed by atoms with Gasteiger partial charge in [0.2, 0.25) is 5.91 Å². The molecule has 5 rings (SSSR count). The van der Waals surface area contributed by atoms with Crippen LogP contribution in [0.1, 0.15) is 47.5 Å². The van der Waals surface area contributed by atoms with Gasteiger partial charge in [0, 0.05) is 32.1 Å². The lowest BCUT2D eigenvalue weighted by Crippen LogP contribution is -2.17. The minimum Gasteiger partial charge on any atom is -0.772 e. The van der Waals surface area contributed by atoms with E-state index in [9.17, 15) is 13.6 Å². The van der Waals surface area contributed by atoms with Crippen molar-refractivity contribution in [2.24, 2.45) is 0 Å². The zero-order valence-electron chi connectivity index (χ0n) is 20.0. The molecule has 2 unspecified atom stereocenters. The number of nitrogens with one attached hydrogen (secondary N) is 1. The topological polar surface area (TPSA) is 108 Å². The van der Waals surface area contributed by atoms with Crippen LogP contribution in [0.15, 0.2) is 65.2 Å². The second-order valence-corrected chi connectivity index (χ2v) is 11.3. The molecule has 196 valence electrons. The van der Waals surface area contributed by atoms with Gasteiger partial charge in [0.25, 0.3) is 5.89 Å². The van der Waals surface area contributed by atoms with Crippen LogP contribution in [0.25, 0.3) is 11.5 Å². The maximum absolute atomic E-state index is 15.4. The van der Waals surface area contributed by atoms with E-state index in [0.29, 0.717) is 46.3 Å². The first kappa shape index (κ1) is 26.5. The molecule has 38 heavy (non-hydrogen) atoms. The Labute approximate surface area is 230 Å². The lowest BCUT2D eigenvalue weighted by Gasteiger charge is -2.16. The Bertz CT molecular complexity index is 1500. The van der Waals surface area contributed by atoms with E-state index in [1.54, 1.807) is 55.5 Å². The van der Waals surface area contributed by atoms with E-state index >= 15 is 4.39 Å². The van der Waals surface area contributed by atoms with Crippen molar-refractivity contribution in [3.05, 3.63) is 99.0 Å². The average Bonchev–Trinajstić information content (AvgIpc) is 3.50. The molecular formula is C27H21Cl2FN3O4S-. The second-order valence-electron chi connectivity index (χ2n) is 9.20. The smallest absolute Gasteiger partial charge is 0.257 e. The van der Waals surface area contributed by atoms with Crippen LogP contribution < -0.4 is 5.32 Å². The van der Waals surface area contributed by atoms with Crippen LogP contribution >= 0.6 is 23.2 Å². The van der Waals surface area contributed by atoms with Crippen molar-refractivity contribution in [3.8, 4) is 11.5 Å². The van der Waals surface area contributed by atoms with E-state index in [2.05, 4.69) is 15.5 Å². The monoisotopic (exact) mass is 572 g/mol. The van der Waals surface area contributed by atoms with E-state index in [-0.39, 0.29) is 28.6 Å². The normalized spacial score (nSPS) is 15.6. The Morgan fingerprint density at radius 2 is 1.84 bits per heavy atom. The summed E-state index contributed by atoms with van der Waals surface area (Å²) in [5.41, 5.74) is 1.69. The highest BCUT2D eigenvalue weighted by Gasteiger charge is 2.53. The van der Waals surface area contributed by atoms with Gasteiger partial charge in [-0.2, -0.15) is 4.98 Å². The van der Waals surface area contributed by atoms with Gasteiger partial charge in [0.05, 0.1) is 11.8 Å². The number of hydrogen-bond acceptors (Lipinski definition) is 6. The summed E-state index contributed by atoms with van der Waals surface area (Å²) >= 11 is 10.2. The number of carbonyl (C=O) groups excluding carboxylic acids is 1. The zero-order chi connectivity index (χ0) is 27.0. The number of benzene rings is 3. The molecule has 1 fully saturated rings. The quantitative estimate of drug-likeness (QED) is 0.245. The van der Waals surface area contributed by atoms with Crippen LogP contribution in [0.2, 0.25) is 10.0 Å². The zero-order valence-corrected chi connectivity index (χ0v) is 22.4. The molecular weight excluding hydrogens is 552 g/mol. The van der Waals surface area contributed by atoms with Crippen LogP contribution in [0.5, 0.6) is 0 Å². The van der Waals surface area contributed by atoms with Gasteiger partial charge in [-0.3, -0.25) is 9.00 Å². The predicted octanol–water partition coefficient (Wildman–Crippen LogP) is 6.38. The Morgan fingerprint density at radius 1 is 1.16 bits per heavy atom. The number of carbonyl (C=O) groups is 1. The minimum atomic E-state index is -2.23. The van der Waals surface area contributed by atoms with Gasteiger partial charge in [-0.1, -0.05) is 52.6 Å². The van der Waals surface area contributed by atoms with E-state index < -0.39 is 27.6 Å². The number of rotatable bonds is 8. The number of anilines is 1. The number of hydrogen-bond donors (Lipinski definition) is 1. The summed E-state index contributed by atoms with van der Waals surface area (Å²) in [4.78, 5) is 17.1. The highest BCUT2D eigenvalue weighted by Crippen LogP contribution is 2.55. The van der Waals surface area contributed by atoms with Crippen LogP contribution in [0.4, 0.5) is 10.1 Å². The molecule has 11 heteroatoms. The summed E-state index contributed by atoms with van der Waals surface area (Å²) in [6.07, 6.45) is 1.23. The van der Waals surface area contributed by atoms with Gasteiger partial charge >= 0.3 is 0 Å². The first-order chi connectivity index (χ1) is 18.2. The highest BCUT2D eigenvalue weighted by molar-refractivity contribution is 7.79. The fourth-order valence-electron chi connectivity index (χ4n) is 4.35. The van der Waals surface area contributed by atoms with Crippen molar-refractivity contribution in [2.45, 2.75) is 36.9 Å². The molecule has 3 aromatic carbocycles. The Hall–Kier alpha value is -3.11. The standard InChI is InChI=1S/C27H22Cl2FN3O4S/c1-15(38(35)36)17-4-2-16(3-5-17)12-23(34)31-20-13-21(29)24(22(30)14-20)27(10-11-27)26-32-25(37-33-26)18-6-8-19(28)9-7-18/h2-9,13-15H,10-12H2,1H3,(H,31,34)(H,35,36)/p-1. The fourth-order valence-corrected chi connectivity index (χ4v) is 5.24. The molecule has 0 radical (unpaired) electrons. The summed E-state index contributed by atoms with van der Waals surface area (Å²) in [7, 11) is 0. The van der Waals surface area contributed by atoms with Gasteiger partial charge in [-0.05, 0) is 78.4 Å². The lowest BCUT2D eigenvalue weighted by molar-refractivity contribution is -0.115. The molecule has 0 saturated heterocycles. The summed E-state index contributed by atoms with van der Waals surface area (Å²) in [6.45, 7) is 1.58. The molecule has 4 aromatic rings. The van der Waals surface area contributed by atoms with Crippen LogP contribution in [-0.4, -0.2) is 24.8 Å². The van der Waals surface area contributed by atoms with E-state index in [4.69, 9.17) is 27.7 Å². The lowest BCUT2D eigenvalue weighted by atomic mass is 9.94. The van der Waals surface area contributed by atoms with Crippen LogP contribution in [-0.2, 0) is 27.7 Å². The molecule has 1 aliphatic carbocycles. The van der Waals surface area contributed by atoms with Crippen molar-refractivity contribution >= 4 is 45.9 Å². The van der Waals surface area contributed by atoms with Crippen molar-refractivity contribution in [3.63, 3.8) is 0 Å². The van der Waals surface area contributed by atoms with Gasteiger partial charge in [-0.25, -0.2) is 4.39 Å². The minimum absolute atomic E-state index is 0.0242. The molecule has 1 aromatic heterocycles. The largest absolute Gasteiger partial charge is 0.772 e. The summed E-state index contributed by atoms with van der Waals surface area (Å²) in [6, 6.07) is 16.4. The second kappa shape index (κ2) is 10.6. The fraction of sp³-hybridized carbons (Fsp3) is 0.222. The van der Waals surface area contributed by atoms with Gasteiger partial charge in [0.15, 0.2) is 5.82 Å². The molecule has 1 N–H and O–H groups in total. The first-order valence-electron chi connectivity index (χ1n) is 11.7. The number of aromatic nitrogens is 2. The van der Waals surface area contributed by atoms with Crippen molar-refractivity contribution < 1.29 is 22.5 Å². The Balaban J connectivity index is 1.31. The van der Waals surface area contributed by atoms with Gasteiger partial charge in [0.1, 0.15) is 5.82 Å². The van der Waals surface area contributed by atoms with Crippen LogP contribution in [0.3, 0.4) is 0 Å². The molecule has 7 nitrogen and oxygen atoms in total. The number of amides is 1.